The maximum absolute atomic E-state index is 13.1. The lowest BCUT2D eigenvalue weighted by Crippen LogP contribution is -2.31. The molecule has 0 unspecified atom stereocenters. The van der Waals surface area contributed by atoms with E-state index in [1.165, 1.54) is 25.7 Å². The summed E-state index contributed by atoms with van der Waals surface area (Å²) in [6, 6.07) is 3.68. The number of hydrogen-bond donors (Lipinski definition) is 4. The van der Waals surface area contributed by atoms with E-state index in [2.05, 4.69) is 49.4 Å². The van der Waals surface area contributed by atoms with Crippen LogP contribution in [0.3, 0.4) is 0 Å². The second kappa shape index (κ2) is 12.1. The van der Waals surface area contributed by atoms with Crippen LogP contribution in [0.5, 0.6) is 0 Å². The van der Waals surface area contributed by atoms with Crippen LogP contribution < -0.4 is 21.3 Å². The van der Waals surface area contributed by atoms with Crippen molar-refractivity contribution in [3.05, 3.63) is 72.7 Å². The number of carbonyl (C=O) groups excluding carboxylic acids is 1. The molecule has 2 aromatic rings. The van der Waals surface area contributed by atoms with E-state index in [1.807, 2.05) is 6.07 Å². The number of methoxy groups -OCH3 is 1. The summed E-state index contributed by atoms with van der Waals surface area (Å²) in [6.45, 7) is 10.2. The number of allylic oxidation sites excluding steroid dienone is 2. The fourth-order valence-corrected chi connectivity index (χ4v) is 3.39. The van der Waals surface area contributed by atoms with Crippen molar-refractivity contribution in [2.75, 3.05) is 37.4 Å². The van der Waals surface area contributed by atoms with Crippen LogP contribution in [0.25, 0.3) is 0 Å². The Kier molecular flexibility index (Phi) is 8.71. The second-order valence-corrected chi connectivity index (χ2v) is 7.61. The van der Waals surface area contributed by atoms with E-state index in [0.717, 1.165) is 32.5 Å². The van der Waals surface area contributed by atoms with Crippen molar-refractivity contribution in [2.24, 2.45) is 5.92 Å². The number of piperidine rings is 1. The number of aromatic nitrogens is 3. The van der Waals surface area contributed by atoms with Gasteiger partial charge in [0, 0.05) is 18.8 Å². The van der Waals surface area contributed by atoms with Crippen molar-refractivity contribution in [2.45, 2.75) is 12.8 Å². The maximum atomic E-state index is 13.1. The number of hydrogen-bond acceptors (Lipinski definition) is 9. The number of nitrogens with zero attached hydrogens (tertiary/aromatic N) is 4. The standard InChI is InChI=1S/C24H28N8O2/c1-4-5-20(16(2)34-3)31-24(33)19-14-30-22(32-23-15-27-18(11-25)13-29-23)10-21(19)28-12-17-6-8-26-9-7-17/h4-5,10,13-15,17,26H,1-2,6-9,12H2,3H3,(H,31,33)(H2,28,29,30,32)/b20-5+. The van der Waals surface area contributed by atoms with Gasteiger partial charge in [-0.2, -0.15) is 5.26 Å². The zero-order valence-corrected chi connectivity index (χ0v) is 19.1. The Labute approximate surface area is 198 Å². The molecule has 0 spiro atoms. The number of nitrogens with one attached hydrogen (secondary N) is 4. The molecule has 1 saturated heterocycles. The largest absolute Gasteiger partial charge is 0.495 e. The van der Waals surface area contributed by atoms with E-state index in [1.54, 1.807) is 18.2 Å². The summed E-state index contributed by atoms with van der Waals surface area (Å²) in [4.78, 5) is 25.6. The van der Waals surface area contributed by atoms with E-state index in [4.69, 9.17) is 10.00 Å². The van der Waals surface area contributed by atoms with Crippen LogP contribution >= 0.6 is 0 Å². The van der Waals surface area contributed by atoms with Gasteiger partial charge in [0.2, 0.25) is 0 Å². The minimum Gasteiger partial charge on any atom is -0.495 e. The number of amides is 1. The van der Waals surface area contributed by atoms with Crippen LogP contribution in [-0.2, 0) is 4.74 Å². The predicted molar refractivity (Wildman–Crippen MR) is 130 cm³/mol. The van der Waals surface area contributed by atoms with E-state index in [-0.39, 0.29) is 11.6 Å². The molecule has 3 heterocycles. The number of nitriles is 1. The third kappa shape index (κ3) is 6.63. The molecular formula is C24H28N8O2. The molecule has 1 amide bonds. The van der Waals surface area contributed by atoms with Crippen LogP contribution in [0.1, 0.15) is 28.9 Å². The minimum atomic E-state index is -0.365. The Balaban J connectivity index is 1.84. The summed E-state index contributed by atoms with van der Waals surface area (Å²) in [7, 11) is 1.48. The van der Waals surface area contributed by atoms with Gasteiger partial charge in [-0.1, -0.05) is 19.2 Å². The number of ether oxygens (including phenoxy) is 1. The van der Waals surface area contributed by atoms with Gasteiger partial charge in [0.25, 0.3) is 5.91 Å². The van der Waals surface area contributed by atoms with Crippen LogP contribution in [-0.4, -0.2) is 47.6 Å². The molecule has 0 bridgehead atoms. The lowest BCUT2D eigenvalue weighted by molar-refractivity contribution is 0.0963. The van der Waals surface area contributed by atoms with Crippen molar-refractivity contribution in [1.29, 1.82) is 5.26 Å². The highest BCUT2D eigenvalue weighted by Gasteiger charge is 2.18. The number of pyridine rings is 1. The minimum absolute atomic E-state index is 0.218. The first-order valence-corrected chi connectivity index (χ1v) is 10.8. The summed E-state index contributed by atoms with van der Waals surface area (Å²) in [5.74, 6) is 1.35. The number of carbonyl (C=O) groups is 1. The Morgan fingerprint density at radius 3 is 2.68 bits per heavy atom. The van der Waals surface area contributed by atoms with Gasteiger partial charge in [0.1, 0.15) is 23.5 Å². The summed E-state index contributed by atoms with van der Waals surface area (Å²) in [5, 5.41) is 21.5. The zero-order valence-electron chi connectivity index (χ0n) is 19.1. The second-order valence-electron chi connectivity index (χ2n) is 7.61. The first kappa shape index (κ1) is 24.4. The van der Waals surface area contributed by atoms with Crippen molar-refractivity contribution in [1.82, 2.24) is 25.6 Å². The molecular weight excluding hydrogens is 432 g/mol. The zero-order chi connectivity index (χ0) is 24.3. The van der Waals surface area contributed by atoms with Gasteiger partial charge in [0.05, 0.1) is 36.5 Å². The van der Waals surface area contributed by atoms with E-state index in [0.29, 0.717) is 40.3 Å². The van der Waals surface area contributed by atoms with Crippen LogP contribution in [0, 0.1) is 17.2 Å². The smallest absolute Gasteiger partial charge is 0.259 e. The highest BCUT2D eigenvalue weighted by molar-refractivity contribution is 6.01. The molecule has 4 N–H and O–H groups in total. The average molecular weight is 461 g/mol. The Morgan fingerprint density at radius 2 is 2.03 bits per heavy atom. The molecule has 0 atom stereocenters. The fraction of sp³-hybridized carbons (Fsp3) is 0.292. The van der Waals surface area contributed by atoms with Gasteiger partial charge in [0.15, 0.2) is 5.69 Å². The molecule has 1 aliphatic heterocycles. The van der Waals surface area contributed by atoms with Crippen molar-refractivity contribution >= 4 is 23.2 Å². The third-order valence-corrected chi connectivity index (χ3v) is 5.29. The van der Waals surface area contributed by atoms with Gasteiger partial charge in [-0.3, -0.25) is 4.79 Å². The first-order chi connectivity index (χ1) is 16.5. The molecule has 3 rings (SSSR count). The van der Waals surface area contributed by atoms with E-state index < -0.39 is 0 Å². The SMILES string of the molecule is C=C/C=C(/NC(=O)c1cnc(Nc2cnc(C#N)cn2)cc1NCC1CCNCC1)C(=C)OC. The molecule has 176 valence electrons. The highest BCUT2D eigenvalue weighted by atomic mass is 16.5. The molecule has 0 saturated carbocycles. The molecule has 34 heavy (non-hydrogen) atoms. The van der Waals surface area contributed by atoms with Gasteiger partial charge in [-0.05, 0) is 37.9 Å². The maximum Gasteiger partial charge on any atom is 0.259 e. The first-order valence-electron chi connectivity index (χ1n) is 10.8. The van der Waals surface area contributed by atoms with Crippen molar-refractivity contribution < 1.29 is 9.53 Å². The van der Waals surface area contributed by atoms with Gasteiger partial charge in [-0.15, -0.1) is 0 Å². The number of rotatable bonds is 10. The molecule has 0 aromatic carbocycles. The summed E-state index contributed by atoms with van der Waals surface area (Å²) >= 11 is 0. The summed E-state index contributed by atoms with van der Waals surface area (Å²) < 4.78 is 5.16. The van der Waals surface area contributed by atoms with Crippen molar-refractivity contribution in [3.8, 4) is 6.07 Å². The van der Waals surface area contributed by atoms with E-state index in [9.17, 15) is 4.79 Å². The Morgan fingerprint density at radius 1 is 1.26 bits per heavy atom. The van der Waals surface area contributed by atoms with E-state index >= 15 is 0 Å². The Hall–Kier alpha value is -4.23. The highest BCUT2D eigenvalue weighted by Crippen LogP contribution is 2.23. The molecule has 10 nitrogen and oxygen atoms in total. The fourth-order valence-electron chi connectivity index (χ4n) is 3.39. The average Bonchev–Trinajstić information content (AvgIpc) is 2.87. The third-order valence-electron chi connectivity index (χ3n) is 5.29. The lowest BCUT2D eigenvalue weighted by atomic mass is 9.98. The monoisotopic (exact) mass is 460 g/mol. The molecule has 1 aliphatic rings. The molecule has 0 radical (unpaired) electrons. The molecule has 1 fully saturated rings. The van der Waals surface area contributed by atoms with Crippen LogP contribution in [0.15, 0.2) is 61.4 Å². The quantitative estimate of drug-likeness (QED) is 0.311. The van der Waals surface area contributed by atoms with Gasteiger partial charge >= 0.3 is 0 Å². The Bertz CT molecular complexity index is 1100. The predicted octanol–water partition coefficient (Wildman–Crippen LogP) is 2.86. The lowest BCUT2D eigenvalue weighted by Gasteiger charge is -2.24. The number of anilines is 3. The van der Waals surface area contributed by atoms with Gasteiger partial charge < -0.3 is 26.0 Å². The molecule has 10 heteroatoms. The molecule has 0 aliphatic carbocycles. The van der Waals surface area contributed by atoms with Crippen molar-refractivity contribution in [3.63, 3.8) is 0 Å². The molecule has 2 aromatic heterocycles. The summed E-state index contributed by atoms with van der Waals surface area (Å²) in [6.07, 6.45) is 9.58. The normalized spacial score (nSPS) is 13.9. The van der Waals surface area contributed by atoms with Crippen LogP contribution in [0.2, 0.25) is 0 Å². The van der Waals surface area contributed by atoms with Gasteiger partial charge in [-0.25, -0.2) is 15.0 Å². The summed E-state index contributed by atoms with van der Waals surface area (Å²) in [5.41, 5.74) is 1.61. The van der Waals surface area contributed by atoms with Crippen LogP contribution in [0.4, 0.5) is 17.3 Å². The topological polar surface area (TPSA) is 137 Å².